The first-order chi connectivity index (χ1) is 7.33. The zero-order valence-corrected chi connectivity index (χ0v) is 8.34. The second kappa shape index (κ2) is 4.00. The maximum atomic E-state index is 9.67. The minimum atomic E-state index is 0.155. The molecule has 0 bridgehead atoms. The highest BCUT2D eigenvalue weighted by atomic mass is 16.5. The Kier molecular flexibility index (Phi) is 2.54. The van der Waals surface area contributed by atoms with Crippen molar-refractivity contribution < 1.29 is 9.84 Å². The Morgan fingerprint density at radius 2 is 1.93 bits per heavy atom. The number of pyridine rings is 1. The van der Waals surface area contributed by atoms with Gasteiger partial charge in [0.05, 0.1) is 7.11 Å². The third-order valence-corrected chi connectivity index (χ3v) is 2.15. The normalized spacial score (nSPS) is 9.93. The quantitative estimate of drug-likeness (QED) is 0.811. The van der Waals surface area contributed by atoms with E-state index in [4.69, 9.17) is 4.74 Å². The van der Waals surface area contributed by atoms with E-state index in [1.165, 1.54) is 0 Å². The second-order valence-electron chi connectivity index (χ2n) is 3.07. The molecule has 3 heteroatoms. The third kappa shape index (κ3) is 1.76. The van der Waals surface area contributed by atoms with Crippen LogP contribution in [-0.4, -0.2) is 17.2 Å². The molecular weight excluding hydrogens is 190 g/mol. The van der Waals surface area contributed by atoms with Gasteiger partial charge in [0.15, 0.2) is 0 Å². The monoisotopic (exact) mass is 201 g/mol. The molecule has 0 saturated carbocycles. The average Bonchev–Trinajstić information content (AvgIpc) is 2.30. The van der Waals surface area contributed by atoms with Crippen LogP contribution in [0.2, 0.25) is 0 Å². The Labute approximate surface area is 88.0 Å². The van der Waals surface area contributed by atoms with Gasteiger partial charge >= 0.3 is 0 Å². The molecule has 0 atom stereocenters. The molecule has 0 fully saturated rings. The van der Waals surface area contributed by atoms with Gasteiger partial charge in [-0.05, 0) is 24.3 Å². The van der Waals surface area contributed by atoms with Gasteiger partial charge in [0.2, 0.25) is 0 Å². The fourth-order valence-corrected chi connectivity index (χ4v) is 1.44. The highest BCUT2D eigenvalue weighted by Gasteiger charge is 2.09. The van der Waals surface area contributed by atoms with Gasteiger partial charge in [0, 0.05) is 11.8 Å². The van der Waals surface area contributed by atoms with Gasteiger partial charge in [-0.15, -0.1) is 0 Å². The summed E-state index contributed by atoms with van der Waals surface area (Å²) < 4.78 is 5.20. The maximum Gasteiger partial charge on any atom is 0.141 e. The predicted octanol–water partition coefficient (Wildman–Crippen LogP) is 2.46. The number of para-hydroxylation sites is 1. The number of benzene rings is 1. The zero-order valence-electron chi connectivity index (χ0n) is 8.34. The molecule has 1 heterocycles. The highest BCUT2D eigenvalue weighted by molar-refractivity contribution is 5.71. The van der Waals surface area contributed by atoms with Crippen LogP contribution < -0.4 is 4.74 Å². The van der Waals surface area contributed by atoms with Gasteiger partial charge in [-0.2, -0.15) is 0 Å². The molecule has 3 nitrogen and oxygen atoms in total. The standard InChI is InChI=1S/C12H11NO2/c1-15-11-7-3-2-5-9(11)12-10(14)6-4-8-13-12/h2-8,14H,1H3. The summed E-state index contributed by atoms with van der Waals surface area (Å²) in [6.45, 7) is 0. The van der Waals surface area contributed by atoms with Crippen molar-refractivity contribution in [2.24, 2.45) is 0 Å². The summed E-state index contributed by atoms with van der Waals surface area (Å²) in [7, 11) is 1.60. The Bertz CT molecular complexity index is 469. The van der Waals surface area contributed by atoms with E-state index in [1.54, 1.807) is 25.4 Å². The Hall–Kier alpha value is -2.03. The molecular formula is C12H11NO2. The molecule has 1 aromatic carbocycles. The van der Waals surface area contributed by atoms with Crippen LogP contribution in [0.1, 0.15) is 0 Å². The molecule has 0 unspecified atom stereocenters. The number of hydrogen-bond donors (Lipinski definition) is 1. The third-order valence-electron chi connectivity index (χ3n) is 2.15. The van der Waals surface area contributed by atoms with E-state index in [2.05, 4.69) is 4.98 Å². The number of rotatable bonds is 2. The van der Waals surface area contributed by atoms with Crippen molar-refractivity contribution in [2.45, 2.75) is 0 Å². The first-order valence-corrected chi connectivity index (χ1v) is 4.60. The van der Waals surface area contributed by atoms with E-state index in [0.29, 0.717) is 11.4 Å². The van der Waals surface area contributed by atoms with Gasteiger partial charge < -0.3 is 9.84 Å². The van der Waals surface area contributed by atoms with Gasteiger partial charge in [-0.1, -0.05) is 12.1 Å². The van der Waals surface area contributed by atoms with Crippen LogP contribution in [-0.2, 0) is 0 Å². The molecule has 1 N–H and O–H groups in total. The van der Waals surface area contributed by atoms with Crippen molar-refractivity contribution in [1.82, 2.24) is 4.98 Å². The molecule has 0 amide bonds. The summed E-state index contributed by atoms with van der Waals surface area (Å²) in [5, 5.41) is 9.67. The van der Waals surface area contributed by atoms with E-state index < -0.39 is 0 Å². The van der Waals surface area contributed by atoms with E-state index in [-0.39, 0.29) is 5.75 Å². The molecule has 0 aliphatic heterocycles. The predicted molar refractivity (Wildman–Crippen MR) is 57.9 cm³/mol. The lowest BCUT2D eigenvalue weighted by Crippen LogP contribution is -1.89. The Morgan fingerprint density at radius 3 is 2.67 bits per heavy atom. The average molecular weight is 201 g/mol. The number of hydrogen-bond acceptors (Lipinski definition) is 3. The fourth-order valence-electron chi connectivity index (χ4n) is 1.44. The molecule has 15 heavy (non-hydrogen) atoms. The van der Waals surface area contributed by atoms with E-state index in [1.807, 2.05) is 24.3 Å². The van der Waals surface area contributed by atoms with Crippen molar-refractivity contribution >= 4 is 0 Å². The number of aromatic nitrogens is 1. The van der Waals surface area contributed by atoms with Crippen LogP contribution in [0.15, 0.2) is 42.6 Å². The van der Waals surface area contributed by atoms with E-state index in [0.717, 1.165) is 5.56 Å². The molecule has 0 spiro atoms. The fraction of sp³-hybridized carbons (Fsp3) is 0.0833. The first kappa shape index (κ1) is 9.52. The van der Waals surface area contributed by atoms with Crippen molar-refractivity contribution in [1.29, 1.82) is 0 Å². The van der Waals surface area contributed by atoms with Crippen molar-refractivity contribution in [2.75, 3.05) is 7.11 Å². The van der Waals surface area contributed by atoms with Gasteiger partial charge in [0.1, 0.15) is 17.2 Å². The topological polar surface area (TPSA) is 42.4 Å². The lowest BCUT2D eigenvalue weighted by molar-refractivity contribution is 0.415. The summed E-state index contributed by atoms with van der Waals surface area (Å²) in [4.78, 5) is 4.13. The van der Waals surface area contributed by atoms with Crippen molar-refractivity contribution in [3.8, 4) is 22.8 Å². The number of ether oxygens (including phenoxy) is 1. The lowest BCUT2D eigenvalue weighted by Gasteiger charge is -2.08. The first-order valence-electron chi connectivity index (χ1n) is 4.60. The van der Waals surface area contributed by atoms with Crippen LogP contribution in [0.25, 0.3) is 11.3 Å². The van der Waals surface area contributed by atoms with Gasteiger partial charge in [0.25, 0.3) is 0 Å². The zero-order chi connectivity index (χ0) is 10.7. The van der Waals surface area contributed by atoms with E-state index in [9.17, 15) is 5.11 Å². The molecule has 0 radical (unpaired) electrons. The molecule has 0 saturated heterocycles. The summed E-state index contributed by atoms with van der Waals surface area (Å²) in [5.74, 6) is 0.855. The van der Waals surface area contributed by atoms with E-state index >= 15 is 0 Å². The minimum absolute atomic E-state index is 0.155. The van der Waals surface area contributed by atoms with Crippen LogP contribution in [0.3, 0.4) is 0 Å². The Balaban J connectivity index is 2.59. The summed E-state index contributed by atoms with van der Waals surface area (Å²) in [5.41, 5.74) is 1.33. The van der Waals surface area contributed by atoms with Crippen LogP contribution in [0.5, 0.6) is 11.5 Å². The number of aromatic hydroxyl groups is 1. The van der Waals surface area contributed by atoms with Crippen LogP contribution in [0, 0.1) is 0 Å². The lowest BCUT2D eigenvalue weighted by atomic mass is 10.1. The summed E-state index contributed by atoms with van der Waals surface area (Å²) >= 11 is 0. The van der Waals surface area contributed by atoms with Crippen LogP contribution >= 0.6 is 0 Å². The van der Waals surface area contributed by atoms with Gasteiger partial charge in [-0.3, -0.25) is 4.98 Å². The molecule has 0 aliphatic carbocycles. The second-order valence-corrected chi connectivity index (χ2v) is 3.07. The summed E-state index contributed by atoms with van der Waals surface area (Å²) in [6.07, 6.45) is 1.64. The molecule has 1 aromatic heterocycles. The minimum Gasteiger partial charge on any atom is -0.506 e. The largest absolute Gasteiger partial charge is 0.506 e. The Morgan fingerprint density at radius 1 is 1.13 bits per heavy atom. The molecule has 2 rings (SSSR count). The summed E-state index contributed by atoms with van der Waals surface area (Å²) in [6, 6.07) is 10.8. The van der Waals surface area contributed by atoms with Crippen LogP contribution in [0.4, 0.5) is 0 Å². The SMILES string of the molecule is COc1ccccc1-c1ncccc1O. The molecule has 76 valence electrons. The van der Waals surface area contributed by atoms with Crippen molar-refractivity contribution in [3.05, 3.63) is 42.6 Å². The highest BCUT2D eigenvalue weighted by Crippen LogP contribution is 2.33. The van der Waals surface area contributed by atoms with Crippen molar-refractivity contribution in [3.63, 3.8) is 0 Å². The van der Waals surface area contributed by atoms with Gasteiger partial charge in [-0.25, -0.2) is 0 Å². The maximum absolute atomic E-state index is 9.67. The molecule has 2 aromatic rings. The molecule has 0 aliphatic rings. The smallest absolute Gasteiger partial charge is 0.141 e. The number of nitrogens with zero attached hydrogens (tertiary/aromatic N) is 1. The number of methoxy groups -OCH3 is 1.